The van der Waals surface area contributed by atoms with Gasteiger partial charge in [0.15, 0.2) is 5.96 Å². The maximum absolute atomic E-state index is 6.16. The molecule has 0 aromatic heterocycles. The van der Waals surface area contributed by atoms with Gasteiger partial charge in [-0.25, -0.2) is 0 Å². The summed E-state index contributed by atoms with van der Waals surface area (Å²) in [6, 6.07) is 6.37. The van der Waals surface area contributed by atoms with Crippen molar-refractivity contribution >= 4 is 5.96 Å². The van der Waals surface area contributed by atoms with Gasteiger partial charge in [0.25, 0.3) is 0 Å². The second-order valence-electron chi connectivity index (χ2n) is 9.10. The minimum absolute atomic E-state index is 0.179. The molecule has 2 aliphatic rings. The molecule has 2 aliphatic heterocycles. The van der Waals surface area contributed by atoms with Crippen LogP contribution in [0.4, 0.5) is 0 Å². The average Bonchev–Trinajstić information content (AvgIpc) is 3.27. The highest BCUT2D eigenvalue weighted by Gasteiger charge is 2.21. The van der Waals surface area contributed by atoms with Crippen LogP contribution in [-0.2, 0) is 16.0 Å². The fourth-order valence-corrected chi connectivity index (χ4v) is 4.06. The molecular formula is C24H40N4O3. The first-order valence-electron chi connectivity index (χ1n) is 11.6. The molecule has 0 amide bonds. The van der Waals surface area contributed by atoms with Crippen molar-refractivity contribution in [1.29, 1.82) is 0 Å². The SMILES string of the molecule is CN=C(NCc1ccc(C)cc1OCC1CCOC1)NCC1CN(CC(C)C)CCO1. The van der Waals surface area contributed by atoms with Gasteiger partial charge in [-0.2, -0.15) is 0 Å². The molecule has 0 spiro atoms. The lowest BCUT2D eigenvalue weighted by atomic mass is 10.1. The number of benzene rings is 1. The van der Waals surface area contributed by atoms with Crippen molar-refractivity contribution in [3.8, 4) is 5.75 Å². The van der Waals surface area contributed by atoms with Gasteiger partial charge < -0.3 is 24.8 Å². The molecular weight excluding hydrogens is 392 g/mol. The first kappa shape index (κ1) is 23.8. The van der Waals surface area contributed by atoms with Crippen molar-refractivity contribution < 1.29 is 14.2 Å². The standard InChI is InChI=1S/C24H40N4O3/c1-18(2)14-28-8-10-30-22(15-28)13-27-24(25-4)26-12-21-6-5-19(3)11-23(21)31-17-20-7-9-29-16-20/h5-6,11,18,20,22H,7-10,12-17H2,1-4H3,(H2,25,26,27). The van der Waals surface area contributed by atoms with E-state index >= 15 is 0 Å². The lowest BCUT2D eigenvalue weighted by Gasteiger charge is -2.34. The molecule has 0 bridgehead atoms. The third-order valence-electron chi connectivity index (χ3n) is 5.73. The summed E-state index contributed by atoms with van der Waals surface area (Å²) >= 11 is 0. The quantitative estimate of drug-likeness (QED) is 0.462. The molecule has 2 fully saturated rings. The Morgan fingerprint density at radius 3 is 2.90 bits per heavy atom. The molecule has 174 valence electrons. The van der Waals surface area contributed by atoms with Crippen molar-refractivity contribution in [2.45, 2.75) is 39.8 Å². The Labute approximate surface area is 187 Å². The number of aliphatic imine (C=N–C) groups is 1. The number of rotatable bonds is 9. The monoisotopic (exact) mass is 432 g/mol. The number of morpholine rings is 1. The molecule has 7 heteroatoms. The largest absolute Gasteiger partial charge is 0.493 e. The normalized spacial score (nSPS) is 22.7. The van der Waals surface area contributed by atoms with E-state index in [0.717, 1.165) is 69.7 Å². The second kappa shape index (κ2) is 12.3. The number of hydrogen-bond donors (Lipinski definition) is 2. The fourth-order valence-electron chi connectivity index (χ4n) is 4.06. The predicted molar refractivity (Wildman–Crippen MR) is 125 cm³/mol. The van der Waals surface area contributed by atoms with E-state index in [1.54, 1.807) is 7.05 Å². The Bertz CT molecular complexity index is 704. The first-order chi connectivity index (χ1) is 15.0. The zero-order valence-corrected chi connectivity index (χ0v) is 19.7. The van der Waals surface area contributed by atoms with Gasteiger partial charge in [0.1, 0.15) is 5.75 Å². The summed E-state index contributed by atoms with van der Waals surface area (Å²) < 4.78 is 17.6. The summed E-state index contributed by atoms with van der Waals surface area (Å²) in [5.41, 5.74) is 2.33. The van der Waals surface area contributed by atoms with Crippen LogP contribution in [0.3, 0.4) is 0 Å². The summed E-state index contributed by atoms with van der Waals surface area (Å²) in [7, 11) is 1.80. The van der Waals surface area contributed by atoms with Crippen LogP contribution in [-0.4, -0.2) is 76.6 Å². The first-order valence-corrected chi connectivity index (χ1v) is 11.6. The summed E-state index contributed by atoms with van der Waals surface area (Å²) in [5.74, 6) is 2.88. The van der Waals surface area contributed by atoms with E-state index in [1.165, 1.54) is 5.56 Å². The minimum Gasteiger partial charge on any atom is -0.493 e. The molecule has 1 aromatic rings. The van der Waals surface area contributed by atoms with E-state index in [2.05, 4.69) is 59.5 Å². The topological polar surface area (TPSA) is 67.4 Å². The van der Waals surface area contributed by atoms with Crippen molar-refractivity contribution in [3.05, 3.63) is 29.3 Å². The number of aryl methyl sites for hydroxylation is 1. The van der Waals surface area contributed by atoms with Crippen molar-refractivity contribution in [1.82, 2.24) is 15.5 Å². The van der Waals surface area contributed by atoms with Crippen LogP contribution in [0.15, 0.2) is 23.2 Å². The summed E-state index contributed by atoms with van der Waals surface area (Å²) in [4.78, 5) is 6.87. The third kappa shape index (κ3) is 7.98. The maximum Gasteiger partial charge on any atom is 0.191 e. The van der Waals surface area contributed by atoms with Gasteiger partial charge >= 0.3 is 0 Å². The van der Waals surface area contributed by atoms with Gasteiger partial charge in [0.2, 0.25) is 0 Å². The van der Waals surface area contributed by atoms with E-state index in [9.17, 15) is 0 Å². The molecule has 2 N–H and O–H groups in total. The Balaban J connectivity index is 1.47. The van der Waals surface area contributed by atoms with E-state index in [1.807, 2.05) is 0 Å². The Morgan fingerprint density at radius 1 is 1.29 bits per heavy atom. The molecule has 0 saturated carbocycles. The molecule has 2 heterocycles. The van der Waals surface area contributed by atoms with Gasteiger partial charge in [0, 0.05) is 57.9 Å². The fraction of sp³-hybridized carbons (Fsp3) is 0.708. The maximum atomic E-state index is 6.16. The van der Waals surface area contributed by atoms with E-state index in [0.29, 0.717) is 25.0 Å². The smallest absolute Gasteiger partial charge is 0.191 e. The second-order valence-corrected chi connectivity index (χ2v) is 9.10. The van der Waals surface area contributed by atoms with Gasteiger partial charge in [-0.1, -0.05) is 26.0 Å². The molecule has 2 atom stereocenters. The van der Waals surface area contributed by atoms with Gasteiger partial charge in [-0.3, -0.25) is 9.89 Å². The Kier molecular flexibility index (Phi) is 9.43. The molecule has 0 aliphatic carbocycles. The molecule has 7 nitrogen and oxygen atoms in total. The third-order valence-corrected chi connectivity index (χ3v) is 5.73. The molecule has 1 aromatic carbocycles. The van der Waals surface area contributed by atoms with E-state index in [4.69, 9.17) is 14.2 Å². The lowest BCUT2D eigenvalue weighted by molar-refractivity contribution is -0.0284. The van der Waals surface area contributed by atoms with E-state index in [-0.39, 0.29) is 6.10 Å². The number of hydrogen-bond acceptors (Lipinski definition) is 5. The highest BCUT2D eigenvalue weighted by Crippen LogP contribution is 2.22. The van der Waals surface area contributed by atoms with Gasteiger partial charge in [-0.05, 0) is 30.9 Å². The van der Waals surface area contributed by atoms with Crippen LogP contribution >= 0.6 is 0 Å². The number of nitrogens with zero attached hydrogens (tertiary/aromatic N) is 2. The van der Waals surface area contributed by atoms with Crippen LogP contribution in [0.25, 0.3) is 0 Å². The van der Waals surface area contributed by atoms with Crippen LogP contribution in [0.2, 0.25) is 0 Å². The zero-order valence-electron chi connectivity index (χ0n) is 19.7. The van der Waals surface area contributed by atoms with Crippen LogP contribution in [0, 0.1) is 18.8 Å². The Hall–Kier alpha value is -1.83. The number of guanidine groups is 1. The minimum atomic E-state index is 0.179. The van der Waals surface area contributed by atoms with Crippen molar-refractivity contribution in [3.63, 3.8) is 0 Å². The Morgan fingerprint density at radius 2 is 2.16 bits per heavy atom. The number of ether oxygens (including phenoxy) is 3. The highest BCUT2D eigenvalue weighted by molar-refractivity contribution is 5.79. The summed E-state index contributed by atoms with van der Waals surface area (Å²) in [6.45, 7) is 14.3. The van der Waals surface area contributed by atoms with Gasteiger partial charge in [0.05, 0.1) is 25.9 Å². The van der Waals surface area contributed by atoms with Crippen molar-refractivity contribution in [2.75, 3.05) is 59.7 Å². The lowest BCUT2D eigenvalue weighted by Crippen LogP contribution is -2.50. The number of nitrogens with one attached hydrogen (secondary N) is 2. The van der Waals surface area contributed by atoms with Crippen molar-refractivity contribution in [2.24, 2.45) is 16.8 Å². The molecule has 31 heavy (non-hydrogen) atoms. The molecule has 2 unspecified atom stereocenters. The average molecular weight is 433 g/mol. The summed E-state index contributed by atoms with van der Waals surface area (Å²) in [6.07, 6.45) is 1.26. The molecule has 3 rings (SSSR count). The highest BCUT2D eigenvalue weighted by atomic mass is 16.5. The van der Waals surface area contributed by atoms with Crippen LogP contribution in [0.1, 0.15) is 31.4 Å². The molecule has 0 radical (unpaired) electrons. The molecule has 2 saturated heterocycles. The van der Waals surface area contributed by atoms with Crippen LogP contribution < -0.4 is 15.4 Å². The predicted octanol–water partition coefficient (Wildman–Crippen LogP) is 2.43. The zero-order chi connectivity index (χ0) is 22.1. The summed E-state index contributed by atoms with van der Waals surface area (Å²) in [5, 5.41) is 6.84. The van der Waals surface area contributed by atoms with Crippen LogP contribution in [0.5, 0.6) is 5.75 Å². The van der Waals surface area contributed by atoms with E-state index < -0.39 is 0 Å². The van der Waals surface area contributed by atoms with Gasteiger partial charge in [-0.15, -0.1) is 0 Å².